The maximum absolute atomic E-state index is 13.0. The number of hydrogen-bond donors (Lipinski definition) is 0. The highest BCUT2D eigenvalue weighted by atomic mass is 19.1. The van der Waals surface area contributed by atoms with Crippen LogP contribution in [0.25, 0.3) is 0 Å². The number of fused-ring (bicyclic) bond motifs is 1. The summed E-state index contributed by atoms with van der Waals surface area (Å²) in [6.45, 7) is 0.705. The summed E-state index contributed by atoms with van der Waals surface area (Å²) in [7, 11) is 0. The van der Waals surface area contributed by atoms with Crippen molar-refractivity contribution in [3.05, 3.63) is 52.7 Å². The fourth-order valence-electron chi connectivity index (χ4n) is 3.35. The molecule has 4 nitrogen and oxygen atoms in total. The molecule has 0 bridgehead atoms. The first-order valence-corrected chi connectivity index (χ1v) is 7.78. The standard InChI is InChI=1S/C17H17FN2O2/c18-12-7-5-11(6-8-12)15-9-10-20(15)17(21)16-13-3-1-2-4-14(13)19-22-16/h5-8,15H,1-4,9-10H2/t15-/m0/s1. The molecule has 1 amide bonds. The van der Waals surface area contributed by atoms with Crippen molar-refractivity contribution in [1.82, 2.24) is 10.1 Å². The number of aromatic nitrogens is 1. The molecule has 1 saturated heterocycles. The van der Waals surface area contributed by atoms with Gasteiger partial charge in [-0.05, 0) is 49.8 Å². The lowest BCUT2D eigenvalue weighted by molar-refractivity contribution is 0.0417. The monoisotopic (exact) mass is 300 g/mol. The van der Waals surface area contributed by atoms with Gasteiger partial charge in [0, 0.05) is 12.1 Å². The quantitative estimate of drug-likeness (QED) is 0.855. The van der Waals surface area contributed by atoms with E-state index >= 15 is 0 Å². The van der Waals surface area contributed by atoms with Gasteiger partial charge in [-0.1, -0.05) is 17.3 Å². The largest absolute Gasteiger partial charge is 0.350 e. The average molecular weight is 300 g/mol. The van der Waals surface area contributed by atoms with Crippen molar-refractivity contribution < 1.29 is 13.7 Å². The van der Waals surface area contributed by atoms with Gasteiger partial charge in [0.25, 0.3) is 5.91 Å². The molecule has 5 heteroatoms. The predicted molar refractivity (Wildman–Crippen MR) is 77.9 cm³/mol. The summed E-state index contributed by atoms with van der Waals surface area (Å²) in [5.41, 5.74) is 2.89. The van der Waals surface area contributed by atoms with E-state index in [1.54, 1.807) is 17.0 Å². The molecular weight excluding hydrogens is 283 g/mol. The predicted octanol–water partition coefficient (Wildman–Crippen LogP) is 3.28. The van der Waals surface area contributed by atoms with E-state index in [4.69, 9.17) is 4.52 Å². The molecule has 0 saturated carbocycles. The number of amides is 1. The van der Waals surface area contributed by atoms with Gasteiger partial charge in [-0.2, -0.15) is 0 Å². The lowest BCUT2D eigenvalue weighted by Crippen LogP contribution is -2.45. The second-order valence-electron chi connectivity index (χ2n) is 6.00. The third-order valence-electron chi connectivity index (χ3n) is 4.69. The number of rotatable bonds is 2. The summed E-state index contributed by atoms with van der Waals surface area (Å²) in [6, 6.07) is 6.38. The second-order valence-corrected chi connectivity index (χ2v) is 6.00. The molecule has 1 aliphatic carbocycles. The van der Waals surface area contributed by atoms with Gasteiger partial charge in [0.05, 0.1) is 11.7 Å². The number of carbonyl (C=O) groups is 1. The van der Waals surface area contributed by atoms with Crippen molar-refractivity contribution in [1.29, 1.82) is 0 Å². The van der Waals surface area contributed by atoms with Crippen molar-refractivity contribution in [3.8, 4) is 0 Å². The van der Waals surface area contributed by atoms with Gasteiger partial charge in [-0.3, -0.25) is 4.79 Å². The van der Waals surface area contributed by atoms with Crippen LogP contribution in [0.5, 0.6) is 0 Å². The van der Waals surface area contributed by atoms with E-state index in [1.807, 2.05) is 0 Å². The first-order chi connectivity index (χ1) is 10.7. The Balaban J connectivity index is 1.58. The van der Waals surface area contributed by atoms with E-state index in [1.165, 1.54) is 12.1 Å². The second kappa shape index (κ2) is 5.23. The number of halogens is 1. The molecule has 1 fully saturated rings. The zero-order valence-corrected chi connectivity index (χ0v) is 12.2. The van der Waals surface area contributed by atoms with Gasteiger partial charge in [-0.15, -0.1) is 0 Å². The summed E-state index contributed by atoms with van der Waals surface area (Å²) in [5, 5.41) is 4.06. The molecule has 22 heavy (non-hydrogen) atoms. The highest BCUT2D eigenvalue weighted by molar-refractivity contribution is 5.94. The Morgan fingerprint density at radius 2 is 2.00 bits per heavy atom. The molecule has 1 aromatic heterocycles. The first-order valence-electron chi connectivity index (χ1n) is 7.78. The van der Waals surface area contributed by atoms with Crippen molar-refractivity contribution in [2.45, 2.75) is 38.1 Å². The van der Waals surface area contributed by atoms with Gasteiger partial charge in [0.15, 0.2) is 0 Å². The summed E-state index contributed by atoms with van der Waals surface area (Å²) < 4.78 is 18.4. The maximum atomic E-state index is 13.0. The topological polar surface area (TPSA) is 46.3 Å². The Morgan fingerprint density at radius 1 is 1.23 bits per heavy atom. The van der Waals surface area contributed by atoms with Crippen LogP contribution < -0.4 is 0 Å². The van der Waals surface area contributed by atoms with Crippen LogP contribution in [0.1, 0.15) is 52.7 Å². The highest BCUT2D eigenvalue weighted by Crippen LogP contribution is 2.36. The molecule has 0 spiro atoms. The maximum Gasteiger partial charge on any atom is 0.293 e. The van der Waals surface area contributed by atoms with Gasteiger partial charge in [0.1, 0.15) is 5.82 Å². The molecule has 2 aliphatic rings. The summed E-state index contributed by atoms with van der Waals surface area (Å²) in [5.74, 6) is 0.0583. The minimum atomic E-state index is -0.259. The van der Waals surface area contributed by atoms with Crippen LogP contribution in [0, 0.1) is 5.82 Å². The minimum Gasteiger partial charge on any atom is -0.350 e. The Kier molecular flexibility index (Phi) is 3.21. The molecule has 1 aliphatic heterocycles. The summed E-state index contributed by atoms with van der Waals surface area (Å²) >= 11 is 0. The zero-order valence-electron chi connectivity index (χ0n) is 12.2. The SMILES string of the molecule is O=C(c1onc2c1CCCC2)N1CC[C@H]1c1ccc(F)cc1. The number of likely N-dealkylation sites (tertiary alicyclic amines) is 1. The third kappa shape index (κ3) is 2.12. The highest BCUT2D eigenvalue weighted by Gasteiger charge is 2.37. The summed E-state index contributed by atoms with van der Waals surface area (Å²) in [4.78, 5) is 14.5. The average Bonchev–Trinajstić information content (AvgIpc) is 2.92. The van der Waals surface area contributed by atoms with Crippen LogP contribution in [0.3, 0.4) is 0 Å². The van der Waals surface area contributed by atoms with Gasteiger partial charge in [0.2, 0.25) is 5.76 Å². The Labute approximate surface area is 127 Å². The lowest BCUT2D eigenvalue weighted by atomic mass is 9.92. The van der Waals surface area contributed by atoms with Crippen molar-refractivity contribution in [2.75, 3.05) is 6.54 Å². The normalized spacial score (nSPS) is 20.4. The molecule has 0 N–H and O–H groups in total. The number of hydrogen-bond acceptors (Lipinski definition) is 3. The molecular formula is C17H17FN2O2. The van der Waals surface area contributed by atoms with Crippen LogP contribution in [0.4, 0.5) is 4.39 Å². The van der Waals surface area contributed by atoms with Gasteiger partial charge >= 0.3 is 0 Å². The fraction of sp³-hybridized carbons (Fsp3) is 0.412. The molecule has 2 heterocycles. The molecule has 0 radical (unpaired) electrons. The molecule has 114 valence electrons. The van der Waals surface area contributed by atoms with Gasteiger partial charge < -0.3 is 9.42 Å². The van der Waals surface area contributed by atoms with E-state index in [9.17, 15) is 9.18 Å². The molecule has 0 unspecified atom stereocenters. The van der Waals surface area contributed by atoms with Crippen LogP contribution in [-0.2, 0) is 12.8 Å². The van der Waals surface area contributed by atoms with Crippen LogP contribution >= 0.6 is 0 Å². The van der Waals surface area contributed by atoms with Crippen LogP contribution in [0.2, 0.25) is 0 Å². The first kappa shape index (κ1) is 13.5. The van der Waals surface area contributed by atoms with E-state index in [0.29, 0.717) is 12.3 Å². The number of carbonyl (C=O) groups excluding carboxylic acids is 1. The van der Waals surface area contributed by atoms with E-state index in [-0.39, 0.29) is 17.8 Å². The Hall–Kier alpha value is -2.17. The van der Waals surface area contributed by atoms with Gasteiger partial charge in [-0.25, -0.2) is 4.39 Å². The van der Waals surface area contributed by atoms with E-state index in [0.717, 1.165) is 48.9 Å². The molecule has 1 aromatic carbocycles. The fourth-order valence-corrected chi connectivity index (χ4v) is 3.35. The molecule has 4 rings (SSSR count). The van der Waals surface area contributed by atoms with E-state index in [2.05, 4.69) is 5.16 Å². The number of nitrogens with zero attached hydrogens (tertiary/aromatic N) is 2. The number of benzene rings is 1. The van der Waals surface area contributed by atoms with Crippen LogP contribution in [0.15, 0.2) is 28.8 Å². The Morgan fingerprint density at radius 3 is 2.73 bits per heavy atom. The third-order valence-corrected chi connectivity index (χ3v) is 4.69. The summed E-state index contributed by atoms with van der Waals surface area (Å²) in [6.07, 6.45) is 4.85. The van der Waals surface area contributed by atoms with Crippen molar-refractivity contribution in [3.63, 3.8) is 0 Å². The Bertz CT molecular complexity index is 708. The van der Waals surface area contributed by atoms with Crippen LogP contribution in [-0.4, -0.2) is 22.5 Å². The molecule has 1 atom stereocenters. The molecule has 2 aromatic rings. The van der Waals surface area contributed by atoms with Crippen molar-refractivity contribution in [2.24, 2.45) is 0 Å². The number of aryl methyl sites for hydroxylation is 1. The van der Waals surface area contributed by atoms with E-state index < -0.39 is 0 Å². The lowest BCUT2D eigenvalue weighted by Gasteiger charge is -2.40. The smallest absolute Gasteiger partial charge is 0.293 e. The zero-order chi connectivity index (χ0) is 15.1. The van der Waals surface area contributed by atoms with Crippen molar-refractivity contribution >= 4 is 5.91 Å². The minimum absolute atomic E-state index is 0.0115.